The van der Waals surface area contributed by atoms with Crippen LogP contribution in [0.3, 0.4) is 0 Å². The van der Waals surface area contributed by atoms with Crippen molar-refractivity contribution in [3.05, 3.63) is 26.6 Å². The zero-order valence-electron chi connectivity index (χ0n) is 11.2. The van der Waals surface area contributed by atoms with Gasteiger partial charge in [-0.25, -0.2) is 8.42 Å². The van der Waals surface area contributed by atoms with Crippen molar-refractivity contribution >= 4 is 41.7 Å². The number of hydrogen-bond donors (Lipinski definition) is 1. The number of ether oxygens (including phenoxy) is 1. The molecule has 1 fully saturated rings. The summed E-state index contributed by atoms with van der Waals surface area (Å²) in [4.78, 5) is 0. The molecule has 1 aromatic carbocycles. The van der Waals surface area contributed by atoms with Crippen molar-refractivity contribution in [1.82, 2.24) is 5.32 Å². The maximum absolute atomic E-state index is 11.4. The molecule has 1 aromatic rings. The second kappa shape index (κ2) is 6.77. The highest BCUT2D eigenvalue weighted by Crippen LogP contribution is 2.34. The zero-order valence-corrected chi connectivity index (χ0v) is 15.1. The fourth-order valence-electron chi connectivity index (χ4n) is 2.27. The van der Waals surface area contributed by atoms with E-state index in [2.05, 4.69) is 37.2 Å². The van der Waals surface area contributed by atoms with E-state index >= 15 is 0 Å². The summed E-state index contributed by atoms with van der Waals surface area (Å²) < 4.78 is 29.8. The lowest BCUT2D eigenvalue weighted by Gasteiger charge is -2.23. The Kier molecular flexibility index (Phi) is 5.50. The molecule has 1 saturated heterocycles. The molecule has 0 atom stereocenters. The molecule has 0 aliphatic carbocycles. The molecule has 1 aliphatic heterocycles. The van der Waals surface area contributed by atoms with Gasteiger partial charge < -0.3 is 10.1 Å². The van der Waals surface area contributed by atoms with Crippen molar-refractivity contribution in [1.29, 1.82) is 0 Å². The second-order valence-electron chi connectivity index (χ2n) is 4.90. The van der Waals surface area contributed by atoms with Crippen LogP contribution in [-0.2, 0) is 16.4 Å². The first kappa shape index (κ1) is 16.3. The van der Waals surface area contributed by atoms with Gasteiger partial charge in [0.2, 0.25) is 0 Å². The van der Waals surface area contributed by atoms with Crippen LogP contribution in [0.25, 0.3) is 0 Å². The minimum absolute atomic E-state index is 0.276. The van der Waals surface area contributed by atoms with Crippen molar-refractivity contribution in [2.24, 2.45) is 0 Å². The quantitative estimate of drug-likeness (QED) is 0.804. The van der Waals surface area contributed by atoms with Gasteiger partial charge >= 0.3 is 0 Å². The van der Waals surface area contributed by atoms with Gasteiger partial charge in [-0.15, -0.1) is 0 Å². The Labute approximate surface area is 136 Å². The van der Waals surface area contributed by atoms with Gasteiger partial charge in [0.15, 0.2) is 0 Å². The van der Waals surface area contributed by atoms with Crippen LogP contribution in [0.2, 0.25) is 0 Å². The second-order valence-corrected chi connectivity index (χ2v) is 8.91. The lowest BCUT2D eigenvalue weighted by Crippen LogP contribution is -2.37. The average Bonchev–Trinajstić information content (AvgIpc) is 2.37. The fourth-order valence-corrected chi connectivity index (χ4v) is 5.36. The molecule has 0 spiro atoms. The van der Waals surface area contributed by atoms with E-state index in [0.29, 0.717) is 30.9 Å². The van der Waals surface area contributed by atoms with Crippen LogP contribution in [0.15, 0.2) is 21.1 Å². The Hall–Kier alpha value is -0.110. The molecular formula is C13H17Br2NO3S. The monoisotopic (exact) mass is 425 g/mol. The van der Waals surface area contributed by atoms with Gasteiger partial charge in [0.05, 0.1) is 27.6 Å². The minimum atomic E-state index is -2.79. The van der Waals surface area contributed by atoms with Crippen LogP contribution in [-0.4, -0.2) is 33.1 Å². The van der Waals surface area contributed by atoms with Gasteiger partial charge in [0, 0.05) is 12.6 Å². The van der Waals surface area contributed by atoms with Crippen LogP contribution < -0.4 is 10.1 Å². The standard InChI is InChI=1S/C13H17Br2NO3S/c1-19-13-11(14)6-9(7-12(13)15)8-16-10-2-4-20(17,18)5-3-10/h6-7,10,16H,2-5,8H2,1H3. The normalized spacial score (nSPS) is 18.9. The fraction of sp³-hybridized carbons (Fsp3) is 0.538. The Morgan fingerprint density at radius 3 is 2.30 bits per heavy atom. The van der Waals surface area contributed by atoms with Gasteiger partial charge in [-0.1, -0.05) is 0 Å². The smallest absolute Gasteiger partial charge is 0.150 e. The van der Waals surface area contributed by atoms with Crippen molar-refractivity contribution in [2.75, 3.05) is 18.6 Å². The maximum atomic E-state index is 11.4. The third-order valence-corrected chi connectivity index (χ3v) is 6.31. The molecular weight excluding hydrogens is 410 g/mol. The molecule has 7 heteroatoms. The van der Waals surface area contributed by atoms with E-state index in [-0.39, 0.29) is 6.04 Å². The third-order valence-electron chi connectivity index (χ3n) is 3.41. The molecule has 0 saturated carbocycles. The number of nitrogens with one attached hydrogen (secondary N) is 1. The molecule has 0 bridgehead atoms. The largest absolute Gasteiger partial charge is 0.494 e. The van der Waals surface area contributed by atoms with E-state index in [1.807, 2.05) is 12.1 Å². The molecule has 20 heavy (non-hydrogen) atoms. The van der Waals surface area contributed by atoms with E-state index in [1.54, 1.807) is 7.11 Å². The minimum Gasteiger partial charge on any atom is -0.494 e. The van der Waals surface area contributed by atoms with Crippen LogP contribution in [0.5, 0.6) is 5.75 Å². The number of sulfone groups is 1. The Bertz CT molecular complexity index is 552. The lowest BCUT2D eigenvalue weighted by atomic mass is 10.1. The Morgan fingerprint density at radius 2 is 1.80 bits per heavy atom. The van der Waals surface area contributed by atoms with Gasteiger partial charge in [0.25, 0.3) is 0 Å². The summed E-state index contributed by atoms with van der Waals surface area (Å²) in [6, 6.07) is 4.30. The number of hydrogen-bond acceptors (Lipinski definition) is 4. The van der Waals surface area contributed by atoms with Crippen LogP contribution in [0.4, 0.5) is 0 Å². The summed E-state index contributed by atoms with van der Waals surface area (Å²) in [6.07, 6.45) is 1.39. The molecule has 0 unspecified atom stereocenters. The predicted molar refractivity (Wildman–Crippen MR) is 86.9 cm³/mol. The lowest BCUT2D eigenvalue weighted by molar-refractivity contribution is 0.409. The first-order valence-corrected chi connectivity index (χ1v) is 9.78. The molecule has 0 radical (unpaired) electrons. The van der Waals surface area contributed by atoms with Gasteiger partial charge in [-0.05, 0) is 62.4 Å². The first-order valence-electron chi connectivity index (χ1n) is 6.37. The van der Waals surface area contributed by atoms with Crippen LogP contribution in [0.1, 0.15) is 18.4 Å². The molecule has 4 nitrogen and oxygen atoms in total. The molecule has 1 aliphatic rings. The summed E-state index contributed by atoms with van der Waals surface area (Å²) in [6.45, 7) is 0.714. The van der Waals surface area contributed by atoms with E-state index in [4.69, 9.17) is 4.74 Å². The highest BCUT2D eigenvalue weighted by atomic mass is 79.9. The van der Waals surface area contributed by atoms with Crippen molar-refractivity contribution < 1.29 is 13.2 Å². The highest BCUT2D eigenvalue weighted by molar-refractivity contribution is 9.11. The topological polar surface area (TPSA) is 55.4 Å². The van der Waals surface area contributed by atoms with Crippen LogP contribution in [0, 0.1) is 0 Å². The van der Waals surface area contributed by atoms with Gasteiger partial charge in [0.1, 0.15) is 15.6 Å². The molecule has 2 rings (SSSR count). The number of rotatable bonds is 4. The van der Waals surface area contributed by atoms with E-state index < -0.39 is 9.84 Å². The Morgan fingerprint density at radius 1 is 1.25 bits per heavy atom. The molecule has 1 heterocycles. The molecule has 1 N–H and O–H groups in total. The molecule has 112 valence electrons. The molecule has 0 amide bonds. The summed E-state index contributed by atoms with van der Waals surface area (Å²) in [5.41, 5.74) is 1.12. The number of benzene rings is 1. The van der Waals surface area contributed by atoms with Crippen LogP contribution >= 0.6 is 31.9 Å². The van der Waals surface area contributed by atoms with E-state index in [0.717, 1.165) is 20.3 Å². The highest BCUT2D eigenvalue weighted by Gasteiger charge is 2.23. The average molecular weight is 427 g/mol. The summed E-state index contributed by atoms with van der Waals surface area (Å²) in [7, 11) is -1.16. The SMILES string of the molecule is COc1c(Br)cc(CNC2CCS(=O)(=O)CC2)cc1Br. The number of methoxy groups -OCH3 is 1. The maximum Gasteiger partial charge on any atom is 0.150 e. The Balaban J connectivity index is 1.95. The van der Waals surface area contributed by atoms with E-state index in [1.165, 1.54) is 0 Å². The zero-order chi connectivity index (χ0) is 14.8. The van der Waals surface area contributed by atoms with Crippen molar-refractivity contribution in [3.63, 3.8) is 0 Å². The first-order chi connectivity index (χ1) is 9.41. The third kappa shape index (κ3) is 4.19. The predicted octanol–water partition coefficient (Wildman–Crippen LogP) is 2.89. The van der Waals surface area contributed by atoms with Gasteiger partial charge in [-0.3, -0.25) is 0 Å². The number of halogens is 2. The van der Waals surface area contributed by atoms with E-state index in [9.17, 15) is 8.42 Å². The summed E-state index contributed by atoms with van der Waals surface area (Å²) >= 11 is 6.95. The summed E-state index contributed by atoms with van der Waals surface area (Å²) in [5.74, 6) is 1.36. The summed E-state index contributed by atoms with van der Waals surface area (Å²) in [5, 5.41) is 3.42. The van der Waals surface area contributed by atoms with Crippen molar-refractivity contribution in [3.8, 4) is 5.75 Å². The molecule has 0 aromatic heterocycles. The van der Waals surface area contributed by atoms with Gasteiger partial charge in [-0.2, -0.15) is 0 Å². The van der Waals surface area contributed by atoms with Crippen molar-refractivity contribution in [2.45, 2.75) is 25.4 Å².